The van der Waals surface area contributed by atoms with E-state index in [0.717, 1.165) is 60.2 Å². The minimum Gasteiger partial charge on any atom is -0.100 e. The molecule has 176 valence electrons. The van der Waals surface area contributed by atoms with Gasteiger partial charge in [-0.05, 0) is 105 Å². The fraction of sp³-hybridized carbons (Fsp3) is 0.867. The van der Waals surface area contributed by atoms with E-state index < -0.39 is 0 Å². The van der Waals surface area contributed by atoms with E-state index in [9.17, 15) is 0 Å². The Labute approximate surface area is 191 Å². The molecule has 0 aromatic rings. The molecule has 1 aliphatic carbocycles. The van der Waals surface area contributed by atoms with Gasteiger partial charge in [0, 0.05) is 0 Å². The smallest absolute Gasteiger partial charge is 0.0268 e. The fourth-order valence-electron chi connectivity index (χ4n) is 6.40. The van der Waals surface area contributed by atoms with Gasteiger partial charge in [0.1, 0.15) is 0 Å². The molecule has 0 amide bonds. The van der Waals surface area contributed by atoms with Crippen LogP contribution in [-0.2, 0) is 0 Å². The van der Waals surface area contributed by atoms with Crippen LogP contribution in [0.25, 0.3) is 0 Å². The zero-order chi connectivity index (χ0) is 23.2. The molecule has 1 rings (SSSR count). The molecule has 0 aliphatic heterocycles. The highest BCUT2D eigenvalue weighted by Gasteiger charge is 2.38. The summed E-state index contributed by atoms with van der Waals surface area (Å²) in [5.41, 5.74) is 3.05. The number of rotatable bonds is 12. The Morgan fingerprint density at radius 1 is 0.900 bits per heavy atom. The lowest BCUT2D eigenvalue weighted by Gasteiger charge is -2.45. The van der Waals surface area contributed by atoms with Crippen LogP contribution in [0, 0.1) is 52.8 Å². The predicted octanol–water partition coefficient (Wildman–Crippen LogP) is 9.96. The number of hydrogen-bond acceptors (Lipinski definition) is 0. The van der Waals surface area contributed by atoms with E-state index >= 15 is 0 Å². The van der Waals surface area contributed by atoms with E-state index in [1.165, 1.54) is 43.3 Å². The maximum absolute atomic E-state index is 4.48. The van der Waals surface area contributed by atoms with Crippen LogP contribution in [0.5, 0.6) is 0 Å². The molecule has 7 atom stereocenters. The highest BCUT2D eigenvalue weighted by molar-refractivity contribution is 5.03. The Bertz CT molecular complexity index is 536. The van der Waals surface area contributed by atoms with Crippen molar-refractivity contribution in [2.75, 3.05) is 0 Å². The first-order valence-electron chi connectivity index (χ1n) is 13.0. The third-order valence-electron chi connectivity index (χ3n) is 8.75. The topological polar surface area (TPSA) is 0 Å². The lowest BCUT2D eigenvalue weighted by atomic mass is 9.60. The average molecular weight is 417 g/mol. The minimum atomic E-state index is 0.300. The van der Waals surface area contributed by atoms with Crippen molar-refractivity contribution in [1.82, 2.24) is 0 Å². The molecule has 0 radical (unpaired) electrons. The standard InChI is InChI=1S/C30H56/c1-20(2)18-30(11,12)19-22(5)13-14-28-17-29(27(10)25(8)26(28)9)16-23(6)15-24(7)21(3)4/h21,23-29H,1,5,13-19H2,2-4,6-12H3. The van der Waals surface area contributed by atoms with Gasteiger partial charge in [0.25, 0.3) is 0 Å². The molecule has 1 fully saturated rings. The highest BCUT2D eigenvalue weighted by Crippen LogP contribution is 2.47. The summed E-state index contributed by atoms with van der Waals surface area (Å²) in [7, 11) is 0. The molecule has 0 nitrogen and oxygen atoms in total. The Morgan fingerprint density at radius 2 is 1.47 bits per heavy atom. The van der Waals surface area contributed by atoms with Gasteiger partial charge in [-0.1, -0.05) is 80.0 Å². The minimum absolute atomic E-state index is 0.300. The van der Waals surface area contributed by atoms with Gasteiger partial charge in [-0.2, -0.15) is 0 Å². The molecule has 30 heavy (non-hydrogen) atoms. The largest absolute Gasteiger partial charge is 0.100 e. The number of hydrogen-bond donors (Lipinski definition) is 0. The molecule has 0 bridgehead atoms. The Hall–Kier alpha value is -0.520. The summed E-state index contributed by atoms with van der Waals surface area (Å²) in [6, 6.07) is 0. The van der Waals surface area contributed by atoms with Gasteiger partial charge in [-0.25, -0.2) is 0 Å². The van der Waals surface area contributed by atoms with Gasteiger partial charge in [0.05, 0.1) is 0 Å². The van der Waals surface area contributed by atoms with Crippen molar-refractivity contribution in [3.05, 3.63) is 24.3 Å². The predicted molar refractivity (Wildman–Crippen MR) is 138 cm³/mol. The summed E-state index contributed by atoms with van der Waals surface area (Å²) in [5, 5.41) is 0. The second-order valence-corrected chi connectivity index (χ2v) is 12.9. The lowest BCUT2D eigenvalue weighted by Crippen LogP contribution is -2.37. The molecular weight excluding hydrogens is 360 g/mol. The monoisotopic (exact) mass is 416 g/mol. The first-order valence-corrected chi connectivity index (χ1v) is 13.0. The molecular formula is C30H56. The molecule has 0 N–H and O–H groups in total. The molecule has 0 aromatic carbocycles. The first kappa shape index (κ1) is 27.5. The normalized spacial score (nSPS) is 29.6. The zero-order valence-electron chi connectivity index (χ0n) is 22.5. The van der Waals surface area contributed by atoms with Gasteiger partial charge >= 0.3 is 0 Å². The van der Waals surface area contributed by atoms with Crippen molar-refractivity contribution < 1.29 is 0 Å². The van der Waals surface area contributed by atoms with E-state index in [1.54, 1.807) is 0 Å². The summed E-state index contributed by atoms with van der Waals surface area (Å²) in [4.78, 5) is 0. The number of allylic oxidation sites excluding steroid dienone is 2. The van der Waals surface area contributed by atoms with E-state index in [4.69, 9.17) is 0 Å². The molecule has 0 aromatic heterocycles. The highest BCUT2D eigenvalue weighted by atomic mass is 14.4. The van der Waals surface area contributed by atoms with Crippen molar-refractivity contribution in [3.63, 3.8) is 0 Å². The first-order chi connectivity index (χ1) is 13.7. The van der Waals surface area contributed by atoms with Gasteiger partial charge < -0.3 is 0 Å². The van der Waals surface area contributed by atoms with Crippen molar-refractivity contribution in [2.45, 2.75) is 114 Å². The van der Waals surface area contributed by atoms with Crippen LogP contribution in [0.4, 0.5) is 0 Å². The van der Waals surface area contributed by atoms with E-state index in [2.05, 4.69) is 82.4 Å². The van der Waals surface area contributed by atoms with E-state index in [1.807, 2.05) is 0 Å². The van der Waals surface area contributed by atoms with Crippen molar-refractivity contribution >= 4 is 0 Å². The van der Waals surface area contributed by atoms with Gasteiger partial charge in [-0.3, -0.25) is 0 Å². The Balaban J connectivity index is 2.65. The van der Waals surface area contributed by atoms with Crippen LogP contribution in [0.15, 0.2) is 24.3 Å². The maximum atomic E-state index is 4.48. The summed E-state index contributed by atoms with van der Waals surface area (Å²) in [6.45, 7) is 32.8. The van der Waals surface area contributed by atoms with Crippen LogP contribution in [0.2, 0.25) is 0 Å². The fourth-order valence-corrected chi connectivity index (χ4v) is 6.40. The molecule has 1 aliphatic rings. The van der Waals surface area contributed by atoms with Gasteiger partial charge in [0.15, 0.2) is 0 Å². The third-order valence-corrected chi connectivity index (χ3v) is 8.75. The van der Waals surface area contributed by atoms with Crippen molar-refractivity contribution in [3.8, 4) is 0 Å². The molecule has 7 unspecified atom stereocenters. The third kappa shape index (κ3) is 8.92. The Kier molecular flexibility index (Phi) is 10.9. The summed E-state index contributed by atoms with van der Waals surface area (Å²) >= 11 is 0. The van der Waals surface area contributed by atoms with Crippen LogP contribution in [0.1, 0.15) is 114 Å². The summed E-state index contributed by atoms with van der Waals surface area (Å²) in [5.74, 6) is 6.84. The van der Waals surface area contributed by atoms with Crippen LogP contribution in [0.3, 0.4) is 0 Å². The molecule has 0 heteroatoms. The van der Waals surface area contributed by atoms with Crippen molar-refractivity contribution in [1.29, 1.82) is 0 Å². The molecule has 1 saturated carbocycles. The zero-order valence-corrected chi connectivity index (χ0v) is 22.5. The summed E-state index contributed by atoms with van der Waals surface area (Å²) in [6.07, 6.45) is 9.06. The van der Waals surface area contributed by atoms with Crippen LogP contribution < -0.4 is 0 Å². The second kappa shape index (κ2) is 11.9. The van der Waals surface area contributed by atoms with Crippen LogP contribution >= 0.6 is 0 Å². The maximum Gasteiger partial charge on any atom is -0.0268 e. The van der Waals surface area contributed by atoms with Crippen molar-refractivity contribution in [2.24, 2.45) is 52.8 Å². The second-order valence-electron chi connectivity index (χ2n) is 12.9. The SMILES string of the molecule is C=C(C)CC(C)(C)CC(=C)CCC1CC(CC(C)CC(C)C(C)C)C(C)C(C)C1C. The molecule has 0 heterocycles. The molecule has 0 spiro atoms. The Morgan fingerprint density at radius 3 is 2.00 bits per heavy atom. The van der Waals surface area contributed by atoms with Gasteiger partial charge in [0.2, 0.25) is 0 Å². The summed E-state index contributed by atoms with van der Waals surface area (Å²) < 4.78 is 0. The van der Waals surface area contributed by atoms with E-state index in [0.29, 0.717) is 5.41 Å². The lowest BCUT2D eigenvalue weighted by molar-refractivity contribution is 0.0477. The molecule has 0 saturated heterocycles. The van der Waals surface area contributed by atoms with E-state index in [-0.39, 0.29) is 0 Å². The quantitative estimate of drug-likeness (QED) is 0.278. The van der Waals surface area contributed by atoms with Crippen LogP contribution in [-0.4, -0.2) is 0 Å². The average Bonchev–Trinajstić information content (AvgIpc) is 2.59. The van der Waals surface area contributed by atoms with Gasteiger partial charge in [-0.15, -0.1) is 6.58 Å².